The van der Waals surface area contributed by atoms with Gasteiger partial charge in [-0.15, -0.1) is 5.10 Å². The van der Waals surface area contributed by atoms with Crippen LogP contribution in [0.25, 0.3) is 11.1 Å². The zero-order valence-corrected chi connectivity index (χ0v) is 14.8. The van der Waals surface area contributed by atoms with E-state index < -0.39 is 18.9 Å². The molecule has 0 aliphatic rings. The highest BCUT2D eigenvalue weighted by Gasteiger charge is 2.26. The van der Waals surface area contributed by atoms with Crippen LogP contribution in [0.2, 0.25) is 0 Å². The molecule has 0 aliphatic carbocycles. The van der Waals surface area contributed by atoms with Crippen molar-refractivity contribution in [3.05, 3.63) is 54.1 Å². The Morgan fingerprint density at radius 3 is 2.54 bits per heavy atom. The van der Waals surface area contributed by atoms with Crippen molar-refractivity contribution in [2.24, 2.45) is 7.05 Å². The molecule has 0 radical (unpaired) electrons. The van der Waals surface area contributed by atoms with Crippen LogP contribution in [0.15, 0.2) is 42.9 Å². The molecule has 2 heterocycles. The molecule has 6 nitrogen and oxygen atoms in total. The van der Waals surface area contributed by atoms with Crippen LogP contribution in [-0.2, 0) is 13.5 Å². The van der Waals surface area contributed by atoms with Crippen molar-refractivity contribution in [1.82, 2.24) is 30.1 Å². The van der Waals surface area contributed by atoms with E-state index in [1.165, 1.54) is 4.68 Å². The van der Waals surface area contributed by atoms with Crippen LogP contribution in [0, 0.1) is 0 Å². The first-order valence-electron chi connectivity index (χ1n) is 8.46. The number of alkyl halides is 2. The minimum atomic E-state index is -1.51. The highest BCUT2D eigenvalue weighted by Crippen LogP contribution is 2.31. The van der Waals surface area contributed by atoms with E-state index in [0.29, 0.717) is 17.7 Å². The van der Waals surface area contributed by atoms with Gasteiger partial charge in [0.15, 0.2) is 6.17 Å². The van der Waals surface area contributed by atoms with Crippen LogP contribution in [0.5, 0.6) is 0 Å². The molecular formula is C18H22F2N6. The molecular weight excluding hydrogens is 338 g/mol. The molecule has 1 N–H and O–H groups in total. The maximum atomic E-state index is 14.9. The Morgan fingerprint density at radius 1 is 1.15 bits per heavy atom. The molecule has 0 spiro atoms. The molecule has 1 aromatic carbocycles. The van der Waals surface area contributed by atoms with Gasteiger partial charge in [-0.1, -0.05) is 29.5 Å². The second kappa shape index (κ2) is 8.18. The second-order valence-electron chi connectivity index (χ2n) is 6.19. The quantitative estimate of drug-likeness (QED) is 0.671. The Kier molecular flexibility index (Phi) is 5.72. The number of rotatable bonds is 8. The Hall–Kier alpha value is -2.61. The first-order valence-corrected chi connectivity index (χ1v) is 8.46. The Morgan fingerprint density at radius 2 is 1.92 bits per heavy atom. The van der Waals surface area contributed by atoms with Gasteiger partial charge in [0.05, 0.1) is 11.9 Å². The third kappa shape index (κ3) is 3.96. The molecule has 0 fully saturated rings. The van der Waals surface area contributed by atoms with Crippen molar-refractivity contribution >= 4 is 0 Å². The number of nitrogens with one attached hydrogen (secondary N) is 1. The number of hydrogen-bond acceptors (Lipinski definition) is 4. The van der Waals surface area contributed by atoms with Gasteiger partial charge in [0.25, 0.3) is 0 Å². The number of aromatic nitrogens is 5. The summed E-state index contributed by atoms with van der Waals surface area (Å²) in [5.74, 6) is 0. The first-order chi connectivity index (χ1) is 12.6. The smallest absolute Gasteiger partial charge is 0.150 e. The van der Waals surface area contributed by atoms with E-state index in [1.807, 2.05) is 32.4 Å². The fourth-order valence-corrected chi connectivity index (χ4v) is 2.78. The number of nitrogens with zero attached hydrogens (tertiary/aromatic N) is 5. The fraction of sp³-hybridized carbons (Fsp3) is 0.389. The van der Waals surface area contributed by atoms with Gasteiger partial charge >= 0.3 is 0 Å². The average Bonchev–Trinajstić information content (AvgIpc) is 3.30. The maximum Gasteiger partial charge on any atom is 0.150 e. The predicted octanol–water partition coefficient (Wildman–Crippen LogP) is 2.66. The SMILES string of the molecule is CNCCc1cn(C(CF)[C@H](F)c2ccc(-c3cnn(C)c3)cc2)nn1. The number of benzene rings is 1. The molecule has 8 heteroatoms. The summed E-state index contributed by atoms with van der Waals surface area (Å²) in [6.07, 6.45) is 4.38. The lowest BCUT2D eigenvalue weighted by atomic mass is 10.0. The number of hydrogen-bond donors (Lipinski definition) is 1. The normalized spacial score (nSPS) is 13.7. The molecule has 0 saturated heterocycles. The summed E-state index contributed by atoms with van der Waals surface area (Å²) in [4.78, 5) is 0. The largest absolute Gasteiger partial charge is 0.319 e. The molecule has 1 unspecified atom stereocenters. The molecule has 0 amide bonds. The number of halogens is 2. The van der Waals surface area contributed by atoms with E-state index in [9.17, 15) is 8.78 Å². The highest BCUT2D eigenvalue weighted by molar-refractivity contribution is 5.62. The van der Waals surface area contributed by atoms with Crippen molar-refractivity contribution in [1.29, 1.82) is 0 Å². The molecule has 2 aromatic heterocycles. The van der Waals surface area contributed by atoms with Crippen LogP contribution in [-0.4, -0.2) is 45.0 Å². The predicted molar refractivity (Wildman–Crippen MR) is 95.2 cm³/mol. The molecule has 3 rings (SSSR count). The molecule has 0 saturated carbocycles. The summed E-state index contributed by atoms with van der Waals surface area (Å²) in [6.45, 7) is -0.131. The van der Waals surface area contributed by atoms with Crippen molar-refractivity contribution in [2.45, 2.75) is 18.6 Å². The topological polar surface area (TPSA) is 60.6 Å². The monoisotopic (exact) mass is 360 g/mol. The van der Waals surface area contributed by atoms with Crippen LogP contribution in [0.4, 0.5) is 8.78 Å². The molecule has 138 valence electrons. The van der Waals surface area contributed by atoms with E-state index in [0.717, 1.165) is 17.7 Å². The van der Waals surface area contributed by atoms with Gasteiger partial charge < -0.3 is 5.32 Å². The average molecular weight is 360 g/mol. The standard InChI is InChI=1S/C18H22F2N6/c1-21-8-7-16-12-26(24-23-16)17(9-19)18(20)14-5-3-13(4-6-14)15-10-22-25(2)11-15/h3-6,10-12,17-18,21H,7-9H2,1-2H3/t17?,18-/m1/s1. The summed E-state index contributed by atoms with van der Waals surface area (Å²) >= 11 is 0. The van der Waals surface area contributed by atoms with Gasteiger partial charge in [-0.25, -0.2) is 13.5 Å². The molecule has 0 aliphatic heterocycles. The second-order valence-corrected chi connectivity index (χ2v) is 6.19. The lowest BCUT2D eigenvalue weighted by Gasteiger charge is -2.18. The van der Waals surface area contributed by atoms with E-state index in [1.54, 1.807) is 29.2 Å². The van der Waals surface area contributed by atoms with Gasteiger partial charge in [0, 0.05) is 38.0 Å². The molecule has 2 atom stereocenters. The van der Waals surface area contributed by atoms with Gasteiger partial charge in [0.2, 0.25) is 0 Å². The lowest BCUT2D eigenvalue weighted by molar-refractivity contribution is 0.182. The summed E-state index contributed by atoms with van der Waals surface area (Å²) in [7, 11) is 3.67. The highest BCUT2D eigenvalue weighted by atomic mass is 19.1. The summed E-state index contributed by atoms with van der Waals surface area (Å²) in [5, 5.41) is 15.0. The van der Waals surface area contributed by atoms with E-state index in [4.69, 9.17) is 0 Å². The summed E-state index contributed by atoms with van der Waals surface area (Å²) in [5.41, 5.74) is 2.99. The lowest BCUT2D eigenvalue weighted by Crippen LogP contribution is -2.18. The summed E-state index contributed by atoms with van der Waals surface area (Å²) < 4.78 is 31.5. The van der Waals surface area contributed by atoms with Crippen LogP contribution < -0.4 is 5.32 Å². The van der Waals surface area contributed by atoms with Crippen molar-refractivity contribution in [3.8, 4) is 11.1 Å². The zero-order chi connectivity index (χ0) is 18.5. The first kappa shape index (κ1) is 18.2. The van der Waals surface area contributed by atoms with Gasteiger partial charge in [-0.2, -0.15) is 5.10 Å². The minimum Gasteiger partial charge on any atom is -0.319 e. The summed E-state index contributed by atoms with van der Waals surface area (Å²) in [6, 6.07) is 5.94. The Balaban J connectivity index is 1.75. The third-order valence-electron chi connectivity index (χ3n) is 4.29. The van der Waals surface area contributed by atoms with E-state index in [2.05, 4.69) is 20.7 Å². The third-order valence-corrected chi connectivity index (χ3v) is 4.29. The molecule has 0 bridgehead atoms. The molecule has 3 aromatic rings. The van der Waals surface area contributed by atoms with Crippen LogP contribution in [0.3, 0.4) is 0 Å². The van der Waals surface area contributed by atoms with Gasteiger partial charge in [-0.3, -0.25) is 4.68 Å². The van der Waals surface area contributed by atoms with E-state index in [-0.39, 0.29) is 0 Å². The van der Waals surface area contributed by atoms with Gasteiger partial charge in [0.1, 0.15) is 12.7 Å². The van der Waals surface area contributed by atoms with Crippen LogP contribution in [0.1, 0.15) is 23.5 Å². The Bertz CT molecular complexity index is 826. The maximum absolute atomic E-state index is 14.9. The Labute approximate surface area is 150 Å². The van der Waals surface area contributed by atoms with E-state index >= 15 is 0 Å². The zero-order valence-electron chi connectivity index (χ0n) is 14.8. The van der Waals surface area contributed by atoms with Crippen molar-refractivity contribution in [2.75, 3.05) is 20.3 Å². The number of aryl methyl sites for hydroxylation is 1. The van der Waals surface area contributed by atoms with Crippen molar-refractivity contribution < 1.29 is 8.78 Å². The van der Waals surface area contributed by atoms with Crippen molar-refractivity contribution in [3.63, 3.8) is 0 Å². The van der Waals surface area contributed by atoms with Gasteiger partial charge in [-0.05, 0) is 18.2 Å². The fourth-order valence-electron chi connectivity index (χ4n) is 2.78. The number of likely N-dealkylation sites (N-methyl/N-ethyl adjacent to an activating group) is 1. The molecule has 26 heavy (non-hydrogen) atoms. The van der Waals surface area contributed by atoms with Crippen LogP contribution >= 0.6 is 0 Å². The minimum absolute atomic E-state index is 0.410.